The van der Waals surface area contributed by atoms with E-state index < -0.39 is 16.7 Å². The minimum absolute atomic E-state index is 0.0693. The molecular weight excluding hydrogens is 296 g/mol. The van der Waals surface area contributed by atoms with E-state index in [0.29, 0.717) is 0 Å². The fourth-order valence-electron chi connectivity index (χ4n) is 4.92. The van der Waals surface area contributed by atoms with Crippen molar-refractivity contribution in [2.45, 2.75) is 0 Å². The van der Waals surface area contributed by atoms with Gasteiger partial charge < -0.3 is 0 Å². The van der Waals surface area contributed by atoms with E-state index in [1.165, 1.54) is 0 Å². The zero-order chi connectivity index (χ0) is 16.9. The van der Waals surface area contributed by atoms with E-state index in [2.05, 4.69) is 30.4 Å². The molecule has 0 spiro atoms. The van der Waals surface area contributed by atoms with Crippen molar-refractivity contribution in [3.05, 3.63) is 54.1 Å². The molecule has 0 unspecified atom stereocenters. The summed E-state index contributed by atoms with van der Waals surface area (Å²) >= 11 is 0. The van der Waals surface area contributed by atoms with Crippen molar-refractivity contribution in [3.8, 4) is 24.3 Å². The number of allylic oxidation sites excluding steroid dienone is 4. The normalized spacial score (nSPS) is 32.8. The second-order valence-electron chi connectivity index (χ2n) is 6.59. The predicted octanol–water partition coefficient (Wildman–Crippen LogP) is 3.20. The molecule has 1 aromatic rings. The van der Waals surface area contributed by atoms with Crippen molar-refractivity contribution < 1.29 is 0 Å². The first-order valence-electron chi connectivity index (χ1n) is 7.79. The van der Waals surface area contributed by atoms with Gasteiger partial charge in [-0.1, -0.05) is 48.6 Å². The Hall–Kier alpha value is -3.34. The van der Waals surface area contributed by atoms with Crippen molar-refractivity contribution >= 4 is 5.57 Å². The number of nitriles is 4. The van der Waals surface area contributed by atoms with E-state index in [-0.39, 0.29) is 17.8 Å². The van der Waals surface area contributed by atoms with Gasteiger partial charge in [-0.3, -0.25) is 0 Å². The van der Waals surface area contributed by atoms with E-state index in [4.69, 9.17) is 0 Å². The first kappa shape index (κ1) is 14.3. The summed E-state index contributed by atoms with van der Waals surface area (Å²) < 4.78 is 0. The number of nitrogens with zero attached hydrogens (tertiary/aromatic N) is 4. The molecule has 24 heavy (non-hydrogen) atoms. The summed E-state index contributed by atoms with van der Waals surface area (Å²) in [7, 11) is 0. The molecule has 0 heterocycles. The second kappa shape index (κ2) is 4.58. The van der Waals surface area contributed by atoms with Gasteiger partial charge in [0, 0.05) is 11.8 Å². The fraction of sp³-hybridized carbons (Fsp3) is 0.300. The number of rotatable bonds is 1. The van der Waals surface area contributed by atoms with Gasteiger partial charge in [-0.15, -0.1) is 0 Å². The quantitative estimate of drug-likeness (QED) is 0.744. The summed E-state index contributed by atoms with van der Waals surface area (Å²) in [6.07, 6.45) is 5.98. The molecule has 0 amide bonds. The van der Waals surface area contributed by atoms with Gasteiger partial charge in [0.15, 0.2) is 10.8 Å². The van der Waals surface area contributed by atoms with Gasteiger partial charge in [-0.25, -0.2) is 0 Å². The van der Waals surface area contributed by atoms with Crippen LogP contribution in [0.5, 0.6) is 0 Å². The van der Waals surface area contributed by atoms with Gasteiger partial charge in [0.05, 0.1) is 24.3 Å². The first-order valence-corrected chi connectivity index (χ1v) is 7.79. The van der Waals surface area contributed by atoms with Crippen LogP contribution >= 0.6 is 0 Å². The molecule has 1 aromatic carbocycles. The van der Waals surface area contributed by atoms with Crippen LogP contribution in [0, 0.1) is 79.8 Å². The fourth-order valence-corrected chi connectivity index (χ4v) is 4.92. The topological polar surface area (TPSA) is 95.2 Å². The maximum absolute atomic E-state index is 9.93. The van der Waals surface area contributed by atoms with E-state index >= 15 is 0 Å². The van der Waals surface area contributed by atoms with Crippen LogP contribution in [0.15, 0.2) is 48.6 Å². The molecule has 0 aliphatic heterocycles. The molecule has 4 atom stereocenters. The molecule has 3 aliphatic carbocycles. The van der Waals surface area contributed by atoms with Gasteiger partial charge in [0.25, 0.3) is 0 Å². The maximum Gasteiger partial charge on any atom is 0.183 e. The van der Waals surface area contributed by atoms with E-state index in [1.54, 1.807) is 0 Å². The minimum Gasteiger partial charge on any atom is -0.196 e. The minimum atomic E-state index is -1.66. The molecule has 4 nitrogen and oxygen atoms in total. The lowest BCUT2D eigenvalue weighted by Gasteiger charge is -2.30. The Bertz CT molecular complexity index is 915. The number of hydrogen-bond donors (Lipinski definition) is 0. The third-order valence-electron chi connectivity index (χ3n) is 5.89. The molecule has 1 saturated carbocycles. The van der Waals surface area contributed by atoms with Crippen LogP contribution < -0.4 is 0 Å². The Labute approximate surface area is 140 Å². The Morgan fingerprint density at radius 1 is 0.792 bits per heavy atom. The second-order valence-corrected chi connectivity index (χ2v) is 6.59. The summed E-state index contributed by atoms with van der Waals surface area (Å²) in [5.74, 6) is -0.822. The van der Waals surface area contributed by atoms with Gasteiger partial charge >= 0.3 is 0 Å². The van der Waals surface area contributed by atoms with Crippen LogP contribution in [-0.4, -0.2) is 0 Å². The van der Waals surface area contributed by atoms with Crippen LogP contribution in [0.3, 0.4) is 0 Å². The molecule has 0 radical (unpaired) electrons. The van der Waals surface area contributed by atoms with Crippen molar-refractivity contribution in [2.75, 3.05) is 0 Å². The lowest BCUT2D eigenvalue weighted by molar-refractivity contribution is 0.294. The van der Waals surface area contributed by atoms with Crippen LogP contribution in [0.1, 0.15) is 5.56 Å². The van der Waals surface area contributed by atoms with Crippen LogP contribution in [0.4, 0.5) is 0 Å². The smallest absolute Gasteiger partial charge is 0.183 e. The Morgan fingerprint density at radius 3 is 2.00 bits per heavy atom. The van der Waals surface area contributed by atoms with Crippen LogP contribution in [-0.2, 0) is 0 Å². The molecule has 3 aliphatic rings. The third-order valence-corrected chi connectivity index (χ3v) is 5.89. The highest BCUT2D eigenvalue weighted by Gasteiger charge is 2.75. The lowest BCUT2D eigenvalue weighted by Crippen LogP contribution is -2.40. The average Bonchev–Trinajstić information content (AvgIpc) is 3.27. The maximum atomic E-state index is 9.93. The molecule has 1 fully saturated rings. The third kappa shape index (κ3) is 1.31. The summed E-state index contributed by atoms with van der Waals surface area (Å²) in [5, 5.41) is 39.5. The summed E-state index contributed by atoms with van der Waals surface area (Å²) in [4.78, 5) is 0. The Balaban J connectivity index is 2.01. The highest BCUT2D eigenvalue weighted by atomic mass is 14.7. The Morgan fingerprint density at radius 2 is 1.42 bits per heavy atom. The van der Waals surface area contributed by atoms with Gasteiger partial charge in [0.1, 0.15) is 0 Å². The van der Waals surface area contributed by atoms with E-state index in [0.717, 1.165) is 11.1 Å². The SMILES string of the molecule is N#CC1(C#N)[C@@H]2C=C[C@@H]3C=C(c4ccccc4)[C@H]([C@H]32)C1(C#N)C#N. The zero-order valence-electron chi connectivity index (χ0n) is 12.7. The average molecular weight is 308 g/mol. The molecule has 0 bridgehead atoms. The molecule has 112 valence electrons. The zero-order valence-corrected chi connectivity index (χ0v) is 12.7. The van der Waals surface area contributed by atoms with Crippen molar-refractivity contribution in [3.63, 3.8) is 0 Å². The van der Waals surface area contributed by atoms with E-state index in [9.17, 15) is 21.0 Å². The predicted molar refractivity (Wildman–Crippen MR) is 84.8 cm³/mol. The first-order chi connectivity index (χ1) is 11.7. The van der Waals surface area contributed by atoms with Crippen molar-refractivity contribution in [2.24, 2.45) is 34.5 Å². The molecular formula is C20H12N4. The number of benzene rings is 1. The summed E-state index contributed by atoms with van der Waals surface area (Å²) in [6, 6.07) is 17.9. The largest absolute Gasteiger partial charge is 0.196 e. The molecule has 0 saturated heterocycles. The molecule has 4 heteroatoms. The van der Waals surface area contributed by atoms with Gasteiger partial charge in [0.2, 0.25) is 0 Å². The summed E-state index contributed by atoms with van der Waals surface area (Å²) in [6.45, 7) is 0. The van der Waals surface area contributed by atoms with Gasteiger partial charge in [-0.2, -0.15) is 21.0 Å². The number of hydrogen-bond acceptors (Lipinski definition) is 4. The van der Waals surface area contributed by atoms with Crippen LogP contribution in [0.2, 0.25) is 0 Å². The molecule has 0 aromatic heterocycles. The van der Waals surface area contributed by atoms with E-state index in [1.807, 2.05) is 42.5 Å². The van der Waals surface area contributed by atoms with Crippen molar-refractivity contribution in [1.82, 2.24) is 0 Å². The standard InChI is InChI=1S/C20H12N4/c21-9-19(10-22)16-7-6-14-8-15(13-4-2-1-3-5-13)18(17(14)16)20(19,11-23)12-24/h1-8,14,16-18H/t14-,16-,17-,18-/m1/s1. The monoisotopic (exact) mass is 308 g/mol. The van der Waals surface area contributed by atoms with Gasteiger partial charge in [-0.05, 0) is 23.0 Å². The molecule has 4 rings (SSSR count). The highest BCUT2D eigenvalue weighted by Crippen LogP contribution is 2.71. The summed E-state index contributed by atoms with van der Waals surface area (Å²) in [5.41, 5.74) is -1.43. The lowest BCUT2D eigenvalue weighted by atomic mass is 9.61. The van der Waals surface area contributed by atoms with Crippen LogP contribution in [0.25, 0.3) is 5.57 Å². The molecule has 0 N–H and O–H groups in total. The Kier molecular flexibility index (Phi) is 2.72. The van der Waals surface area contributed by atoms with Crippen molar-refractivity contribution in [1.29, 1.82) is 21.0 Å². The highest BCUT2D eigenvalue weighted by molar-refractivity contribution is 5.75.